The van der Waals surface area contributed by atoms with Crippen LogP contribution in [0.5, 0.6) is 0 Å². The van der Waals surface area contributed by atoms with Crippen LogP contribution in [0, 0.1) is 0 Å². The molecule has 0 bridgehead atoms. The SMILES string of the molecule is Cl.Cl.c1nc(N2CCCC2)nc2c1CNC2. The summed E-state index contributed by atoms with van der Waals surface area (Å²) in [7, 11) is 0. The molecule has 1 saturated heterocycles. The zero-order chi connectivity index (χ0) is 9.38. The zero-order valence-corrected chi connectivity index (χ0v) is 10.6. The maximum Gasteiger partial charge on any atom is 0.225 e. The van der Waals surface area contributed by atoms with Crippen molar-refractivity contribution >= 4 is 30.8 Å². The Bertz CT molecular complexity index is 353. The Morgan fingerprint density at radius 2 is 1.88 bits per heavy atom. The molecule has 3 heterocycles. The summed E-state index contributed by atoms with van der Waals surface area (Å²) in [4.78, 5) is 11.3. The van der Waals surface area contributed by atoms with Crippen LogP contribution in [-0.4, -0.2) is 23.1 Å². The van der Waals surface area contributed by atoms with Crippen molar-refractivity contribution < 1.29 is 0 Å². The van der Waals surface area contributed by atoms with Gasteiger partial charge in [-0.3, -0.25) is 0 Å². The van der Waals surface area contributed by atoms with Crippen molar-refractivity contribution in [2.75, 3.05) is 18.0 Å². The highest BCUT2D eigenvalue weighted by Crippen LogP contribution is 2.19. The van der Waals surface area contributed by atoms with E-state index in [1.54, 1.807) is 0 Å². The zero-order valence-electron chi connectivity index (χ0n) is 8.98. The standard InChI is InChI=1S/C10H14N4.2ClH/c1-2-4-14(3-1)10-12-6-8-5-11-7-9(8)13-10;;/h6,11H,1-5,7H2;2*1H. The first kappa shape index (κ1) is 13.5. The summed E-state index contributed by atoms with van der Waals surface area (Å²) >= 11 is 0. The average molecular weight is 263 g/mol. The quantitative estimate of drug-likeness (QED) is 0.834. The van der Waals surface area contributed by atoms with Gasteiger partial charge in [-0.15, -0.1) is 24.8 Å². The van der Waals surface area contributed by atoms with Crippen LogP contribution in [0.25, 0.3) is 0 Å². The molecule has 6 heteroatoms. The molecular formula is C10H16Cl2N4. The number of fused-ring (bicyclic) bond motifs is 1. The smallest absolute Gasteiger partial charge is 0.225 e. The summed E-state index contributed by atoms with van der Waals surface area (Å²) in [6.07, 6.45) is 4.52. The first-order chi connectivity index (χ1) is 6.93. The second kappa shape index (κ2) is 5.66. The summed E-state index contributed by atoms with van der Waals surface area (Å²) in [6.45, 7) is 4.06. The Morgan fingerprint density at radius 1 is 1.12 bits per heavy atom. The fraction of sp³-hybridized carbons (Fsp3) is 0.600. The van der Waals surface area contributed by atoms with Gasteiger partial charge in [0.1, 0.15) is 0 Å². The number of nitrogens with one attached hydrogen (secondary N) is 1. The van der Waals surface area contributed by atoms with E-state index >= 15 is 0 Å². The van der Waals surface area contributed by atoms with Gasteiger partial charge >= 0.3 is 0 Å². The monoisotopic (exact) mass is 262 g/mol. The Hall–Kier alpha value is -0.580. The topological polar surface area (TPSA) is 41.1 Å². The van der Waals surface area contributed by atoms with Crippen molar-refractivity contribution in [3.05, 3.63) is 17.5 Å². The van der Waals surface area contributed by atoms with Gasteiger partial charge in [0.15, 0.2) is 0 Å². The van der Waals surface area contributed by atoms with E-state index in [1.165, 1.54) is 24.1 Å². The van der Waals surface area contributed by atoms with Gasteiger partial charge < -0.3 is 10.2 Å². The molecule has 4 nitrogen and oxygen atoms in total. The van der Waals surface area contributed by atoms with Crippen LogP contribution in [-0.2, 0) is 13.1 Å². The third kappa shape index (κ3) is 2.39. The molecule has 1 aromatic rings. The molecular weight excluding hydrogens is 247 g/mol. The van der Waals surface area contributed by atoms with Gasteiger partial charge in [0, 0.05) is 37.9 Å². The van der Waals surface area contributed by atoms with Crippen molar-refractivity contribution in [3.8, 4) is 0 Å². The van der Waals surface area contributed by atoms with Crippen molar-refractivity contribution in [3.63, 3.8) is 0 Å². The molecule has 3 rings (SSSR count). The minimum absolute atomic E-state index is 0. The maximum atomic E-state index is 4.59. The molecule has 0 atom stereocenters. The van der Waals surface area contributed by atoms with E-state index in [2.05, 4.69) is 20.2 Å². The molecule has 0 amide bonds. The lowest BCUT2D eigenvalue weighted by Crippen LogP contribution is -2.20. The van der Waals surface area contributed by atoms with E-state index in [0.29, 0.717) is 0 Å². The number of aromatic nitrogens is 2. The van der Waals surface area contributed by atoms with Crippen LogP contribution in [0.2, 0.25) is 0 Å². The van der Waals surface area contributed by atoms with E-state index < -0.39 is 0 Å². The second-order valence-electron chi connectivity index (χ2n) is 3.94. The second-order valence-corrected chi connectivity index (χ2v) is 3.94. The van der Waals surface area contributed by atoms with E-state index in [1.807, 2.05) is 6.20 Å². The molecule has 1 aromatic heterocycles. The summed E-state index contributed by atoms with van der Waals surface area (Å²) < 4.78 is 0. The summed E-state index contributed by atoms with van der Waals surface area (Å²) in [5.41, 5.74) is 2.44. The van der Waals surface area contributed by atoms with Gasteiger partial charge in [-0.2, -0.15) is 0 Å². The van der Waals surface area contributed by atoms with Gasteiger partial charge in [0.25, 0.3) is 0 Å². The fourth-order valence-corrected chi connectivity index (χ4v) is 2.12. The van der Waals surface area contributed by atoms with E-state index in [9.17, 15) is 0 Å². The van der Waals surface area contributed by atoms with Crippen molar-refractivity contribution in [2.45, 2.75) is 25.9 Å². The summed E-state index contributed by atoms with van der Waals surface area (Å²) in [6, 6.07) is 0. The predicted molar refractivity (Wildman–Crippen MR) is 68.5 cm³/mol. The normalized spacial score (nSPS) is 17.6. The predicted octanol–water partition coefficient (Wildman–Crippen LogP) is 1.52. The largest absolute Gasteiger partial charge is 0.341 e. The number of halogens is 2. The first-order valence-corrected chi connectivity index (χ1v) is 5.24. The molecule has 0 spiro atoms. The minimum Gasteiger partial charge on any atom is -0.341 e. The molecule has 0 unspecified atom stereocenters. The Labute approximate surface area is 108 Å². The third-order valence-electron chi connectivity index (χ3n) is 2.94. The molecule has 16 heavy (non-hydrogen) atoms. The highest BCUT2D eigenvalue weighted by Gasteiger charge is 2.18. The highest BCUT2D eigenvalue weighted by molar-refractivity contribution is 5.85. The van der Waals surface area contributed by atoms with Gasteiger partial charge in [0.05, 0.1) is 5.69 Å². The number of hydrogen-bond donors (Lipinski definition) is 1. The molecule has 1 fully saturated rings. The molecule has 1 N–H and O–H groups in total. The summed E-state index contributed by atoms with van der Waals surface area (Å²) in [5, 5.41) is 3.28. The molecule has 0 saturated carbocycles. The highest BCUT2D eigenvalue weighted by atomic mass is 35.5. The van der Waals surface area contributed by atoms with Crippen LogP contribution in [0.1, 0.15) is 24.1 Å². The number of nitrogens with zero attached hydrogens (tertiary/aromatic N) is 3. The van der Waals surface area contributed by atoms with Crippen LogP contribution in [0.3, 0.4) is 0 Å². The fourth-order valence-electron chi connectivity index (χ4n) is 2.12. The number of anilines is 1. The molecule has 90 valence electrons. The number of rotatable bonds is 1. The first-order valence-electron chi connectivity index (χ1n) is 5.24. The number of hydrogen-bond acceptors (Lipinski definition) is 4. The lowest BCUT2D eigenvalue weighted by atomic mass is 10.3. The van der Waals surface area contributed by atoms with Crippen molar-refractivity contribution in [1.82, 2.24) is 15.3 Å². The molecule has 0 aromatic carbocycles. The van der Waals surface area contributed by atoms with E-state index in [4.69, 9.17) is 0 Å². The van der Waals surface area contributed by atoms with Gasteiger partial charge in [-0.1, -0.05) is 0 Å². The van der Waals surface area contributed by atoms with Gasteiger partial charge in [-0.05, 0) is 12.8 Å². The lowest BCUT2D eigenvalue weighted by Gasteiger charge is -2.15. The lowest BCUT2D eigenvalue weighted by molar-refractivity contribution is 0.756. The third-order valence-corrected chi connectivity index (χ3v) is 2.94. The Morgan fingerprint density at radius 3 is 2.62 bits per heavy atom. The maximum absolute atomic E-state index is 4.59. The van der Waals surface area contributed by atoms with E-state index in [-0.39, 0.29) is 24.8 Å². The molecule has 0 aliphatic carbocycles. The van der Waals surface area contributed by atoms with Crippen LogP contribution in [0.15, 0.2) is 6.20 Å². The van der Waals surface area contributed by atoms with Crippen LogP contribution in [0.4, 0.5) is 5.95 Å². The van der Waals surface area contributed by atoms with Crippen LogP contribution < -0.4 is 10.2 Å². The van der Waals surface area contributed by atoms with E-state index in [0.717, 1.165) is 32.1 Å². The average Bonchev–Trinajstić information content (AvgIpc) is 2.88. The van der Waals surface area contributed by atoms with Gasteiger partial charge in [0.2, 0.25) is 5.95 Å². The van der Waals surface area contributed by atoms with Gasteiger partial charge in [-0.25, -0.2) is 9.97 Å². The Balaban J connectivity index is 0.000000640. The summed E-state index contributed by atoms with van der Waals surface area (Å²) in [5.74, 6) is 0.921. The van der Waals surface area contributed by atoms with Crippen LogP contribution >= 0.6 is 24.8 Å². The molecule has 2 aliphatic rings. The Kier molecular flexibility index (Phi) is 4.77. The molecule has 0 radical (unpaired) electrons. The van der Waals surface area contributed by atoms with Crippen molar-refractivity contribution in [1.29, 1.82) is 0 Å². The molecule has 2 aliphatic heterocycles. The minimum atomic E-state index is 0. The van der Waals surface area contributed by atoms with Crippen molar-refractivity contribution in [2.24, 2.45) is 0 Å².